The normalized spacial score (nSPS) is 19.9. The minimum absolute atomic E-state index is 0.0423. The van der Waals surface area contributed by atoms with Crippen molar-refractivity contribution in [2.45, 2.75) is 23.8 Å². The molecule has 2 N–H and O–H groups in total. The van der Waals surface area contributed by atoms with Crippen LogP contribution in [-0.2, 0) is 14.8 Å². The van der Waals surface area contributed by atoms with Crippen molar-refractivity contribution in [3.63, 3.8) is 0 Å². The third-order valence-corrected chi connectivity index (χ3v) is 6.10. The van der Waals surface area contributed by atoms with Gasteiger partial charge in [0.05, 0.1) is 4.90 Å². The van der Waals surface area contributed by atoms with Crippen LogP contribution in [0.2, 0.25) is 0 Å². The maximum Gasteiger partial charge on any atom is 0.345 e. The molecule has 0 radical (unpaired) electrons. The van der Waals surface area contributed by atoms with Gasteiger partial charge in [-0.2, -0.15) is 4.31 Å². The van der Waals surface area contributed by atoms with E-state index in [0.717, 1.165) is 21.7 Å². The third-order valence-electron chi connectivity index (χ3n) is 3.15. The molecule has 9 heteroatoms. The number of carbonyl (C=O) groups excluding carboxylic acids is 1. The molecule has 2 heterocycles. The number of hydrogen-bond acceptors (Lipinski definition) is 5. The van der Waals surface area contributed by atoms with E-state index in [1.165, 1.54) is 12.4 Å². The predicted molar refractivity (Wildman–Crippen MR) is 72.3 cm³/mol. The first-order valence-electron chi connectivity index (χ1n) is 5.93. The van der Waals surface area contributed by atoms with Gasteiger partial charge in [0.15, 0.2) is 0 Å². The highest BCUT2D eigenvalue weighted by Crippen LogP contribution is 2.28. The molecule has 1 saturated heterocycles. The Labute approximate surface area is 120 Å². The summed E-state index contributed by atoms with van der Waals surface area (Å²) in [7, 11) is -2.38. The van der Waals surface area contributed by atoms with Crippen LogP contribution in [0, 0.1) is 0 Å². The van der Waals surface area contributed by atoms with Gasteiger partial charge in [0, 0.05) is 19.0 Å². The predicted octanol–water partition coefficient (Wildman–Crippen LogP) is 0.345. The molecular weight excluding hydrogens is 304 g/mol. The van der Waals surface area contributed by atoms with Crippen LogP contribution in [0.1, 0.15) is 22.5 Å². The summed E-state index contributed by atoms with van der Waals surface area (Å²) in [5.74, 6) is -1.51. The zero-order chi connectivity index (χ0) is 14.9. The Morgan fingerprint density at radius 1 is 1.50 bits per heavy atom. The van der Waals surface area contributed by atoms with E-state index in [0.29, 0.717) is 12.8 Å². The fraction of sp³-hybridized carbons (Fsp3) is 0.455. The highest BCUT2D eigenvalue weighted by atomic mass is 32.2. The largest absolute Gasteiger partial charge is 0.477 e. The molecule has 0 bridgehead atoms. The minimum Gasteiger partial charge on any atom is -0.477 e. The van der Waals surface area contributed by atoms with Crippen molar-refractivity contribution in [2.24, 2.45) is 0 Å². The summed E-state index contributed by atoms with van der Waals surface area (Å²) in [6.45, 7) is 0.263. The third kappa shape index (κ3) is 2.56. The zero-order valence-electron chi connectivity index (χ0n) is 10.7. The fourth-order valence-corrected chi connectivity index (χ4v) is 4.91. The van der Waals surface area contributed by atoms with Crippen LogP contribution < -0.4 is 5.32 Å². The van der Waals surface area contributed by atoms with E-state index in [1.807, 2.05) is 0 Å². The van der Waals surface area contributed by atoms with E-state index >= 15 is 0 Å². The smallest absolute Gasteiger partial charge is 0.345 e. The van der Waals surface area contributed by atoms with Gasteiger partial charge in [0.25, 0.3) is 0 Å². The topological polar surface area (TPSA) is 104 Å². The Kier molecular flexibility index (Phi) is 4.11. The second kappa shape index (κ2) is 5.51. The van der Waals surface area contributed by atoms with Crippen LogP contribution in [0.3, 0.4) is 0 Å². The average molecular weight is 318 g/mol. The number of thiophene rings is 1. The molecule has 110 valence electrons. The molecule has 1 aromatic heterocycles. The molecule has 7 nitrogen and oxygen atoms in total. The van der Waals surface area contributed by atoms with E-state index in [-0.39, 0.29) is 22.2 Å². The van der Waals surface area contributed by atoms with E-state index in [1.54, 1.807) is 0 Å². The first-order chi connectivity index (χ1) is 9.37. The maximum atomic E-state index is 12.5. The van der Waals surface area contributed by atoms with Gasteiger partial charge < -0.3 is 10.4 Å². The van der Waals surface area contributed by atoms with Crippen molar-refractivity contribution in [3.8, 4) is 0 Å². The molecule has 0 spiro atoms. The van der Waals surface area contributed by atoms with Crippen LogP contribution in [0.25, 0.3) is 0 Å². The summed E-state index contributed by atoms with van der Waals surface area (Å²) < 4.78 is 26.1. The second-order valence-corrected chi connectivity index (χ2v) is 7.14. The molecule has 0 aliphatic carbocycles. The summed E-state index contributed by atoms with van der Waals surface area (Å²) in [6, 6.07) is 0.403. The van der Waals surface area contributed by atoms with Crippen LogP contribution >= 0.6 is 11.3 Å². The number of aromatic carboxylic acids is 1. The lowest BCUT2D eigenvalue weighted by Crippen LogP contribution is -2.44. The van der Waals surface area contributed by atoms with Crippen molar-refractivity contribution in [2.75, 3.05) is 13.6 Å². The second-order valence-electron chi connectivity index (χ2n) is 4.34. The van der Waals surface area contributed by atoms with Crippen molar-refractivity contribution in [1.82, 2.24) is 9.62 Å². The van der Waals surface area contributed by atoms with Crippen LogP contribution in [0.4, 0.5) is 0 Å². The molecule has 0 saturated carbocycles. The highest BCUT2D eigenvalue weighted by Gasteiger charge is 2.39. The lowest BCUT2D eigenvalue weighted by molar-refractivity contribution is -0.123. The van der Waals surface area contributed by atoms with Crippen LogP contribution in [-0.4, -0.2) is 49.3 Å². The Morgan fingerprint density at radius 2 is 2.20 bits per heavy atom. The summed E-state index contributed by atoms with van der Waals surface area (Å²) in [5.41, 5.74) is 0. The Morgan fingerprint density at radius 3 is 2.75 bits per heavy atom. The molecule has 0 aromatic carbocycles. The van der Waals surface area contributed by atoms with E-state index in [4.69, 9.17) is 5.11 Å². The summed E-state index contributed by atoms with van der Waals surface area (Å²) in [6.07, 6.45) is 1.07. The fourth-order valence-electron chi connectivity index (χ4n) is 2.16. The van der Waals surface area contributed by atoms with Crippen LogP contribution in [0.5, 0.6) is 0 Å². The Hall–Kier alpha value is -1.45. The number of rotatable bonds is 4. The maximum absolute atomic E-state index is 12.5. The monoisotopic (exact) mass is 318 g/mol. The molecule has 1 atom stereocenters. The van der Waals surface area contributed by atoms with E-state index < -0.39 is 22.0 Å². The molecule has 1 aliphatic heterocycles. The van der Waals surface area contributed by atoms with Gasteiger partial charge in [-0.1, -0.05) is 0 Å². The molecular formula is C11H14N2O5S2. The quantitative estimate of drug-likeness (QED) is 0.833. The van der Waals surface area contributed by atoms with Gasteiger partial charge in [0.1, 0.15) is 10.9 Å². The number of sulfonamides is 1. The molecule has 1 aromatic rings. The van der Waals surface area contributed by atoms with Crippen molar-refractivity contribution in [3.05, 3.63) is 16.3 Å². The SMILES string of the molecule is CNC(=O)C1CCCN1S(=O)(=O)c1csc(C(=O)O)c1. The number of likely N-dealkylation sites (N-methyl/N-ethyl adjacent to an activating group) is 1. The number of carboxylic acids is 1. The van der Waals surface area contributed by atoms with Gasteiger partial charge >= 0.3 is 5.97 Å². The average Bonchev–Trinajstić information content (AvgIpc) is 3.06. The lowest BCUT2D eigenvalue weighted by atomic mass is 10.2. The molecule has 1 amide bonds. The summed E-state index contributed by atoms with van der Waals surface area (Å²) in [5, 5.41) is 12.6. The molecule has 1 fully saturated rings. The number of nitrogens with zero attached hydrogens (tertiary/aromatic N) is 1. The zero-order valence-corrected chi connectivity index (χ0v) is 12.3. The van der Waals surface area contributed by atoms with E-state index in [9.17, 15) is 18.0 Å². The van der Waals surface area contributed by atoms with Gasteiger partial charge in [-0.25, -0.2) is 13.2 Å². The number of hydrogen-bond donors (Lipinski definition) is 2. The first-order valence-corrected chi connectivity index (χ1v) is 8.25. The van der Waals surface area contributed by atoms with Crippen molar-refractivity contribution >= 4 is 33.2 Å². The van der Waals surface area contributed by atoms with Crippen molar-refractivity contribution < 1.29 is 23.1 Å². The van der Waals surface area contributed by atoms with Gasteiger partial charge in [0.2, 0.25) is 15.9 Å². The molecule has 1 unspecified atom stereocenters. The standard InChI is InChI=1S/C11H14N2O5S2/c1-12-10(14)8-3-2-4-13(8)20(17,18)7-5-9(11(15)16)19-6-7/h5-6,8H,2-4H2,1H3,(H,12,14)(H,15,16). The summed E-state index contributed by atoms with van der Waals surface area (Å²) in [4.78, 5) is 22.4. The molecule has 2 rings (SSSR count). The van der Waals surface area contributed by atoms with Gasteiger partial charge in [-0.15, -0.1) is 11.3 Å². The minimum atomic E-state index is -3.84. The molecule has 1 aliphatic rings. The first kappa shape index (κ1) is 14.9. The Bertz CT molecular complexity index is 637. The van der Waals surface area contributed by atoms with Gasteiger partial charge in [-0.3, -0.25) is 4.79 Å². The number of carboxylic acid groups (broad SMARTS) is 1. The number of amides is 1. The summed E-state index contributed by atoms with van der Waals surface area (Å²) >= 11 is 0.853. The Balaban J connectivity index is 2.33. The molecule has 20 heavy (non-hydrogen) atoms. The van der Waals surface area contributed by atoms with Crippen molar-refractivity contribution in [1.29, 1.82) is 0 Å². The number of nitrogens with one attached hydrogen (secondary N) is 1. The lowest BCUT2D eigenvalue weighted by Gasteiger charge is -2.22. The van der Waals surface area contributed by atoms with Crippen LogP contribution in [0.15, 0.2) is 16.3 Å². The number of carbonyl (C=O) groups is 2. The highest BCUT2D eigenvalue weighted by molar-refractivity contribution is 7.89. The van der Waals surface area contributed by atoms with Gasteiger partial charge in [-0.05, 0) is 18.9 Å². The van der Waals surface area contributed by atoms with E-state index in [2.05, 4.69) is 5.32 Å².